The van der Waals surface area contributed by atoms with Crippen LogP contribution >= 0.6 is 0 Å². The minimum Gasteiger partial charge on any atom is -0.495 e. The number of hydrogen-bond acceptors (Lipinski definition) is 4. The van der Waals surface area contributed by atoms with Crippen LogP contribution in [-0.2, 0) is 4.84 Å². The lowest BCUT2D eigenvalue weighted by Gasteiger charge is -2.34. The number of para-hydroxylation sites is 2. The average Bonchev–Trinajstić information content (AvgIpc) is 2.39. The van der Waals surface area contributed by atoms with Crippen LogP contribution in [0.1, 0.15) is 12.8 Å². The maximum Gasteiger partial charge on any atom is 0.142 e. The van der Waals surface area contributed by atoms with E-state index in [-0.39, 0.29) is 0 Å². The Bertz CT molecular complexity index is 355. The zero-order chi connectivity index (χ0) is 12.1. The molecule has 0 spiro atoms. The minimum absolute atomic E-state index is 0.513. The summed E-state index contributed by atoms with van der Waals surface area (Å²) in [6.45, 7) is 2.69. The van der Waals surface area contributed by atoms with Crippen molar-refractivity contribution in [1.82, 2.24) is 0 Å². The molecule has 0 aromatic heterocycles. The molecule has 0 aliphatic carbocycles. The Balaban J connectivity index is 2.10. The number of anilines is 1. The van der Waals surface area contributed by atoms with E-state index in [1.165, 1.54) is 12.8 Å². The molecular formula is C13H20N2O2. The number of hydrogen-bond donors (Lipinski definition) is 1. The second kappa shape index (κ2) is 5.89. The Kier molecular flexibility index (Phi) is 4.23. The lowest BCUT2D eigenvalue weighted by Crippen LogP contribution is -2.37. The number of nitrogens with two attached hydrogens (primary N) is 1. The highest BCUT2D eigenvalue weighted by molar-refractivity contribution is 5.58. The summed E-state index contributed by atoms with van der Waals surface area (Å²) in [5.41, 5.74) is 1.16. The Morgan fingerprint density at radius 1 is 1.41 bits per heavy atom. The Hall–Kier alpha value is -1.26. The van der Waals surface area contributed by atoms with E-state index in [2.05, 4.69) is 11.0 Å². The molecule has 1 unspecified atom stereocenters. The van der Waals surface area contributed by atoms with E-state index in [9.17, 15) is 0 Å². The molecule has 1 aromatic carbocycles. The first-order valence-corrected chi connectivity index (χ1v) is 6.04. The van der Waals surface area contributed by atoms with Crippen LogP contribution in [0.2, 0.25) is 0 Å². The maximum absolute atomic E-state index is 5.40. The molecule has 2 N–H and O–H groups in total. The molecule has 1 saturated heterocycles. The first-order valence-electron chi connectivity index (χ1n) is 6.04. The lowest BCUT2D eigenvalue weighted by atomic mass is 9.98. The molecule has 0 radical (unpaired) electrons. The van der Waals surface area contributed by atoms with E-state index < -0.39 is 0 Å². The summed E-state index contributed by atoms with van der Waals surface area (Å²) in [7, 11) is 1.71. The van der Waals surface area contributed by atoms with Crippen LogP contribution in [0.25, 0.3) is 0 Å². The van der Waals surface area contributed by atoms with Crippen LogP contribution in [0.15, 0.2) is 24.3 Å². The van der Waals surface area contributed by atoms with Gasteiger partial charge in [-0.1, -0.05) is 12.1 Å². The quantitative estimate of drug-likeness (QED) is 0.810. The highest BCUT2D eigenvalue weighted by Crippen LogP contribution is 2.31. The van der Waals surface area contributed by atoms with E-state index >= 15 is 0 Å². The fourth-order valence-electron chi connectivity index (χ4n) is 2.45. The van der Waals surface area contributed by atoms with Crippen molar-refractivity contribution in [2.24, 2.45) is 11.8 Å². The van der Waals surface area contributed by atoms with E-state index in [4.69, 9.17) is 15.5 Å². The standard InChI is InChI=1S/C13H20N2O2/c1-16-13-7-3-2-6-12(13)15-8-4-5-11(9-15)10-17-14/h2-3,6-7,11H,4-5,8-10,14H2,1H3. The smallest absolute Gasteiger partial charge is 0.142 e. The molecule has 1 atom stereocenters. The van der Waals surface area contributed by atoms with Crippen molar-refractivity contribution < 1.29 is 9.57 Å². The summed E-state index contributed by atoms with van der Waals surface area (Å²) in [6, 6.07) is 8.14. The predicted octanol–water partition coefficient (Wildman–Crippen LogP) is 1.80. The van der Waals surface area contributed by atoms with Gasteiger partial charge in [0.15, 0.2) is 0 Å². The number of nitrogens with zero attached hydrogens (tertiary/aromatic N) is 1. The van der Waals surface area contributed by atoms with Crippen LogP contribution in [-0.4, -0.2) is 26.8 Å². The Labute approximate surface area is 102 Å². The molecule has 1 heterocycles. The van der Waals surface area contributed by atoms with Gasteiger partial charge in [0.2, 0.25) is 0 Å². The molecule has 94 valence electrons. The molecule has 2 rings (SSSR count). The third-order valence-electron chi connectivity index (χ3n) is 3.28. The number of ether oxygens (including phenoxy) is 1. The minimum atomic E-state index is 0.513. The fraction of sp³-hybridized carbons (Fsp3) is 0.538. The van der Waals surface area contributed by atoms with E-state index in [0.717, 1.165) is 24.5 Å². The van der Waals surface area contributed by atoms with Gasteiger partial charge < -0.3 is 14.5 Å². The van der Waals surface area contributed by atoms with Crippen molar-refractivity contribution in [1.29, 1.82) is 0 Å². The zero-order valence-electron chi connectivity index (χ0n) is 10.3. The molecule has 0 amide bonds. The molecule has 1 aliphatic heterocycles. The van der Waals surface area contributed by atoms with Crippen molar-refractivity contribution in [3.05, 3.63) is 24.3 Å². The highest BCUT2D eigenvalue weighted by atomic mass is 16.6. The zero-order valence-corrected chi connectivity index (χ0v) is 10.3. The average molecular weight is 236 g/mol. The Morgan fingerprint density at radius 2 is 2.24 bits per heavy atom. The first-order chi connectivity index (χ1) is 8.35. The van der Waals surface area contributed by atoms with Gasteiger partial charge in [-0.05, 0) is 25.0 Å². The molecular weight excluding hydrogens is 216 g/mol. The molecule has 1 aliphatic rings. The van der Waals surface area contributed by atoms with Gasteiger partial charge in [0.1, 0.15) is 5.75 Å². The monoisotopic (exact) mass is 236 g/mol. The summed E-state index contributed by atoms with van der Waals surface area (Å²) in [6.07, 6.45) is 2.36. The topological polar surface area (TPSA) is 47.7 Å². The predicted molar refractivity (Wildman–Crippen MR) is 68.1 cm³/mol. The molecule has 0 saturated carbocycles. The SMILES string of the molecule is COc1ccccc1N1CCCC(CON)C1. The fourth-order valence-corrected chi connectivity index (χ4v) is 2.45. The number of benzene rings is 1. The van der Waals surface area contributed by atoms with Gasteiger partial charge in [-0.15, -0.1) is 0 Å². The third-order valence-corrected chi connectivity index (χ3v) is 3.28. The maximum atomic E-state index is 5.40. The summed E-state index contributed by atoms with van der Waals surface area (Å²) in [5.74, 6) is 6.60. The van der Waals surface area contributed by atoms with Crippen LogP contribution < -0.4 is 15.5 Å². The van der Waals surface area contributed by atoms with Gasteiger partial charge in [0.25, 0.3) is 0 Å². The van der Waals surface area contributed by atoms with Crippen LogP contribution in [0.5, 0.6) is 5.75 Å². The molecule has 4 nitrogen and oxygen atoms in total. The van der Waals surface area contributed by atoms with Gasteiger partial charge in [-0.3, -0.25) is 0 Å². The third kappa shape index (κ3) is 2.90. The van der Waals surface area contributed by atoms with E-state index in [1.54, 1.807) is 7.11 Å². The molecule has 4 heteroatoms. The normalized spacial score (nSPS) is 20.4. The van der Waals surface area contributed by atoms with Crippen LogP contribution in [0.4, 0.5) is 5.69 Å². The summed E-state index contributed by atoms with van der Waals surface area (Å²) >= 11 is 0. The van der Waals surface area contributed by atoms with Gasteiger partial charge in [0.05, 0.1) is 19.4 Å². The van der Waals surface area contributed by atoms with Crippen molar-refractivity contribution in [2.45, 2.75) is 12.8 Å². The summed E-state index contributed by atoms with van der Waals surface area (Å²) < 4.78 is 5.40. The number of rotatable bonds is 4. The van der Waals surface area contributed by atoms with Crippen LogP contribution in [0.3, 0.4) is 0 Å². The van der Waals surface area contributed by atoms with Crippen molar-refractivity contribution in [3.63, 3.8) is 0 Å². The van der Waals surface area contributed by atoms with E-state index in [1.807, 2.05) is 18.2 Å². The molecule has 0 bridgehead atoms. The molecule has 17 heavy (non-hydrogen) atoms. The van der Waals surface area contributed by atoms with Gasteiger partial charge in [0, 0.05) is 19.0 Å². The largest absolute Gasteiger partial charge is 0.495 e. The summed E-state index contributed by atoms with van der Waals surface area (Å²) in [4.78, 5) is 7.12. The van der Waals surface area contributed by atoms with Crippen molar-refractivity contribution in [3.8, 4) is 5.75 Å². The highest BCUT2D eigenvalue weighted by Gasteiger charge is 2.21. The van der Waals surface area contributed by atoms with Crippen LogP contribution in [0, 0.1) is 5.92 Å². The van der Waals surface area contributed by atoms with Crippen molar-refractivity contribution in [2.75, 3.05) is 31.7 Å². The second-order valence-electron chi connectivity index (χ2n) is 4.46. The first kappa shape index (κ1) is 12.2. The van der Waals surface area contributed by atoms with Gasteiger partial charge in [-0.2, -0.15) is 0 Å². The van der Waals surface area contributed by atoms with E-state index in [0.29, 0.717) is 12.5 Å². The summed E-state index contributed by atoms with van der Waals surface area (Å²) in [5, 5.41) is 0. The second-order valence-corrected chi connectivity index (χ2v) is 4.46. The molecule has 1 fully saturated rings. The van der Waals surface area contributed by atoms with Gasteiger partial charge in [-0.25, -0.2) is 5.90 Å². The number of methoxy groups -OCH3 is 1. The lowest BCUT2D eigenvalue weighted by molar-refractivity contribution is 0.0951. The van der Waals surface area contributed by atoms with Gasteiger partial charge >= 0.3 is 0 Å². The van der Waals surface area contributed by atoms with Crippen molar-refractivity contribution >= 4 is 5.69 Å². The number of piperidine rings is 1. The Morgan fingerprint density at radius 3 is 3.00 bits per heavy atom. The molecule has 1 aromatic rings.